The van der Waals surface area contributed by atoms with Gasteiger partial charge in [-0.1, -0.05) is 18.2 Å². The SMILES string of the molecule is Cc1cccc(CNC2CNC(=O)C2)c1C. The maximum Gasteiger partial charge on any atom is 0.221 e. The minimum absolute atomic E-state index is 0.151. The average molecular weight is 218 g/mol. The molecule has 16 heavy (non-hydrogen) atoms. The first-order chi connectivity index (χ1) is 7.66. The van der Waals surface area contributed by atoms with Crippen LogP contribution in [0, 0.1) is 13.8 Å². The van der Waals surface area contributed by atoms with Crippen LogP contribution in [0.15, 0.2) is 18.2 Å². The van der Waals surface area contributed by atoms with Gasteiger partial charge in [0.05, 0.1) is 0 Å². The lowest BCUT2D eigenvalue weighted by Crippen LogP contribution is -2.30. The Labute approximate surface area is 96.2 Å². The maximum absolute atomic E-state index is 11.0. The van der Waals surface area contributed by atoms with Gasteiger partial charge in [-0.2, -0.15) is 0 Å². The molecule has 0 aliphatic carbocycles. The van der Waals surface area contributed by atoms with Crippen LogP contribution in [0.4, 0.5) is 0 Å². The summed E-state index contributed by atoms with van der Waals surface area (Å²) in [4.78, 5) is 11.0. The van der Waals surface area contributed by atoms with Crippen LogP contribution in [-0.2, 0) is 11.3 Å². The molecular formula is C13H18N2O. The van der Waals surface area contributed by atoms with Crippen molar-refractivity contribution < 1.29 is 4.79 Å². The van der Waals surface area contributed by atoms with Gasteiger partial charge < -0.3 is 10.6 Å². The van der Waals surface area contributed by atoms with Gasteiger partial charge in [0, 0.05) is 25.6 Å². The van der Waals surface area contributed by atoms with Crippen LogP contribution in [0.5, 0.6) is 0 Å². The molecule has 86 valence electrons. The van der Waals surface area contributed by atoms with Gasteiger partial charge in [-0.3, -0.25) is 4.79 Å². The van der Waals surface area contributed by atoms with Crippen molar-refractivity contribution in [2.45, 2.75) is 32.9 Å². The van der Waals surface area contributed by atoms with Gasteiger partial charge in [0.25, 0.3) is 0 Å². The van der Waals surface area contributed by atoms with Crippen molar-refractivity contribution in [3.05, 3.63) is 34.9 Å². The van der Waals surface area contributed by atoms with Crippen molar-refractivity contribution in [2.24, 2.45) is 0 Å². The molecule has 1 saturated heterocycles. The summed E-state index contributed by atoms with van der Waals surface area (Å²) in [5.41, 5.74) is 3.98. The van der Waals surface area contributed by atoms with Gasteiger partial charge in [-0.15, -0.1) is 0 Å². The van der Waals surface area contributed by atoms with Crippen LogP contribution in [0.1, 0.15) is 23.1 Å². The third kappa shape index (κ3) is 2.42. The Morgan fingerprint density at radius 3 is 2.94 bits per heavy atom. The third-order valence-corrected chi connectivity index (χ3v) is 3.28. The van der Waals surface area contributed by atoms with E-state index in [2.05, 4.69) is 42.7 Å². The molecule has 0 radical (unpaired) electrons. The molecule has 1 fully saturated rings. The first kappa shape index (κ1) is 11.1. The van der Waals surface area contributed by atoms with E-state index in [-0.39, 0.29) is 11.9 Å². The molecule has 2 rings (SSSR count). The minimum Gasteiger partial charge on any atom is -0.354 e. The second-order valence-electron chi connectivity index (χ2n) is 4.45. The molecule has 3 heteroatoms. The highest BCUT2D eigenvalue weighted by Crippen LogP contribution is 2.13. The molecule has 0 bridgehead atoms. The highest BCUT2D eigenvalue weighted by molar-refractivity contribution is 5.78. The lowest BCUT2D eigenvalue weighted by molar-refractivity contribution is -0.119. The fraction of sp³-hybridized carbons (Fsp3) is 0.462. The Hall–Kier alpha value is -1.35. The van der Waals surface area contributed by atoms with Crippen LogP contribution < -0.4 is 10.6 Å². The largest absolute Gasteiger partial charge is 0.354 e. The van der Waals surface area contributed by atoms with Gasteiger partial charge >= 0.3 is 0 Å². The molecule has 3 nitrogen and oxygen atoms in total. The summed E-state index contributed by atoms with van der Waals surface area (Å²) in [7, 11) is 0. The van der Waals surface area contributed by atoms with Gasteiger partial charge in [0.1, 0.15) is 0 Å². The van der Waals surface area contributed by atoms with Gasteiger partial charge in [0.15, 0.2) is 0 Å². The minimum atomic E-state index is 0.151. The van der Waals surface area contributed by atoms with Crippen molar-refractivity contribution in [2.75, 3.05) is 6.54 Å². The first-order valence-electron chi connectivity index (χ1n) is 5.72. The normalized spacial score (nSPS) is 19.9. The Morgan fingerprint density at radius 1 is 1.44 bits per heavy atom. The van der Waals surface area contributed by atoms with E-state index in [1.165, 1.54) is 16.7 Å². The van der Waals surface area contributed by atoms with E-state index in [4.69, 9.17) is 0 Å². The molecule has 1 aromatic carbocycles. The summed E-state index contributed by atoms with van der Waals surface area (Å²) in [6.07, 6.45) is 0.602. The Kier molecular flexibility index (Phi) is 3.25. The zero-order valence-corrected chi connectivity index (χ0v) is 9.84. The fourth-order valence-electron chi connectivity index (χ4n) is 2.01. The number of amides is 1. The molecule has 0 aromatic heterocycles. The Balaban J connectivity index is 1.94. The highest BCUT2D eigenvalue weighted by Gasteiger charge is 2.20. The summed E-state index contributed by atoms with van der Waals surface area (Å²) >= 11 is 0. The zero-order valence-electron chi connectivity index (χ0n) is 9.84. The number of benzene rings is 1. The Morgan fingerprint density at radius 2 is 2.25 bits per heavy atom. The molecule has 1 atom stereocenters. The van der Waals surface area contributed by atoms with Gasteiger partial charge in [-0.05, 0) is 30.5 Å². The second-order valence-corrected chi connectivity index (χ2v) is 4.45. The number of hydrogen-bond acceptors (Lipinski definition) is 2. The third-order valence-electron chi connectivity index (χ3n) is 3.28. The fourth-order valence-corrected chi connectivity index (χ4v) is 2.01. The molecule has 2 N–H and O–H groups in total. The topological polar surface area (TPSA) is 41.1 Å². The monoisotopic (exact) mass is 218 g/mol. The van der Waals surface area contributed by atoms with E-state index in [1.54, 1.807) is 0 Å². The standard InChI is InChI=1S/C13H18N2O/c1-9-4-3-5-11(10(9)2)7-14-12-6-13(16)15-8-12/h3-5,12,14H,6-8H2,1-2H3,(H,15,16). The number of carbonyl (C=O) groups is 1. The van der Waals surface area contributed by atoms with Crippen molar-refractivity contribution in [3.63, 3.8) is 0 Å². The Bertz CT molecular complexity index is 401. The van der Waals surface area contributed by atoms with E-state index in [0.717, 1.165) is 13.1 Å². The van der Waals surface area contributed by atoms with Crippen molar-refractivity contribution in [1.82, 2.24) is 10.6 Å². The smallest absolute Gasteiger partial charge is 0.221 e. The molecular weight excluding hydrogens is 200 g/mol. The van der Waals surface area contributed by atoms with Crippen molar-refractivity contribution in [1.29, 1.82) is 0 Å². The lowest BCUT2D eigenvalue weighted by atomic mass is 10.0. The molecule has 1 unspecified atom stereocenters. The van der Waals surface area contributed by atoms with E-state index >= 15 is 0 Å². The predicted octanol–water partition coefficient (Wildman–Crippen LogP) is 1.28. The predicted molar refractivity (Wildman–Crippen MR) is 64.2 cm³/mol. The number of aryl methyl sites for hydroxylation is 1. The second kappa shape index (κ2) is 4.66. The van der Waals surface area contributed by atoms with Crippen LogP contribution in [0.3, 0.4) is 0 Å². The molecule has 1 amide bonds. The molecule has 0 spiro atoms. The van der Waals surface area contributed by atoms with E-state index < -0.39 is 0 Å². The number of rotatable bonds is 3. The van der Waals surface area contributed by atoms with Crippen molar-refractivity contribution in [3.8, 4) is 0 Å². The summed E-state index contributed by atoms with van der Waals surface area (Å²) in [6, 6.07) is 6.63. The molecule has 0 saturated carbocycles. The summed E-state index contributed by atoms with van der Waals surface area (Å²) in [5.74, 6) is 0.151. The quantitative estimate of drug-likeness (QED) is 0.802. The van der Waals surface area contributed by atoms with Crippen LogP contribution in [-0.4, -0.2) is 18.5 Å². The van der Waals surface area contributed by atoms with Crippen LogP contribution in [0.2, 0.25) is 0 Å². The number of carbonyl (C=O) groups excluding carboxylic acids is 1. The number of hydrogen-bond donors (Lipinski definition) is 2. The molecule has 1 aliphatic rings. The van der Waals surface area contributed by atoms with E-state index in [1.807, 2.05) is 0 Å². The highest BCUT2D eigenvalue weighted by atomic mass is 16.1. The van der Waals surface area contributed by atoms with Gasteiger partial charge in [-0.25, -0.2) is 0 Å². The summed E-state index contributed by atoms with van der Waals surface area (Å²) in [6.45, 7) is 5.86. The summed E-state index contributed by atoms with van der Waals surface area (Å²) in [5, 5.41) is 6.24. The van der Waals surface area contributed by atoms with Crippen LogP contribution in [0.25, 0.3) is 0 Å². The first-order valence-corrected chi connectivity index (χ1v) is 5.72. The molecule has 1 heterocycles. The zero-order chi connectivity index (χ0) is 11.5. The van der Waals surface area contributed by atoms with E-state index in [9.17, 15) is 4.79 Å². The van der Waals surface area contributed by atoms with Crippen molar-refractivity contribution >= 4 is 5.91 Å². The molecule has 1 aromatic rings. The lowest BCUT2D eigenvalue weighted by Gasteiger charge is -2.13. The average Bonchev–Trinajstić information content (AvgIpc) is 2.67. The van der Waals surface area contributed by atoms with Gasteiger partial charge in [0.2, 0.25) is 5.91 Å². The van der Waals surface area contributed by atoms with Crippen LogP contribution >= 0.6 is 0 Å². The maximum atomic E-state index is 11.0. The number of nitrogens with one attached hydrogen (secondary N) is 2. The summed E-state index contributed by atoms with van der Waals surface area (Å²) < 4.78 is 0. The molecule has 1 aliphatic heterocycles. The van der Waals surface area contributed by atoms with E-state index in [0.29, 0.717) is 6.42 Å².